The van der Waals surface area contributed by atoms with Crippen molar-refractivity contribution in [1.29, 1.82) is 0 Å². The van der Waals surface area contributed by atoms with E-state index in [9.17, 15) is 4.79 Å². The molecule has 0 saturated heterocycles. The number of nitrogens with one attached hydrogen (secondary N) is 1. The zero-order valence-corrected chi connectivity index (χ0v) is 15.7. The third kappa shape index (κ3) is 4.39. The number of carbonyl (C=O) groups excluding carboxylic acids is 1. The van der Waals surface area contributed by atoms with Crippen LogP contribution < -0.4 is 5.43 Å². The van der Waals surface area contributed by atoms with E-state index < -0.39 is 0 Å². The van der Waals surface area contributed by atoms with E-state index in [1.807, 2.05) is 36.5 Å². The molecule has 3 nitrogen and oxygen atoms in total. The number of amides is 1. The minimum Gasteiger partial charge on any atom is -0.273 e. The van der Waals surface area contributed by atoms with Gasteiger partial charge in [-0.15, -0.1) is 0 Å². The van der Waals surface area contributed by atoms with E-state index in [4.69, 9.17) is 0 Å². The highest BCUT2D eigenvalue weighted by molar-refractivity contribution is 5.79. The van der Waals surface area contributed by atoms with Crippen LogP contribution in [0.2, 0.25) is 0 Å². The van der Waals surface area contributed by atoms with Crippen LogP contribution in [0.5, 0.6) is 0 Å². The van der Waals surface area contributed by atoms with Crippen molar-refractivity contribution in [3.05, 3.63) is 47.5 Å². The van der Waals surface area contributed by atoms with Gasteiger partial charge in [0.05, 0.1) is 6.42 Å². The summed E-state index contributed by atoms with van der Waals surface area (Å²) < 4.78 is 0. The number of hydrogen-bond acceptors (Lipinski definition) is 2. The summed E-state index contributed by atoms with van der Waals surface area (Å²) in [6, 6.07) is 9.79. The molecule has 0 radical (unpaired) electrons. The summed E-state index contributed by atoms with van der Waals surface area (Å²) in [6.45, 7) is 7.11. The van der Waals surface area contributed by atoms with E-state index in [0.29, 0.717) is 29.6 Å². The maximum atomic E-state index is 12.0. The first-order valence-electron chi connectivity index (χ1n) is 9.50. The van der Waals surface area contributed by atoms with Crippen molar-refractivity contribution in [3.8, 4) is 0 Å². The molecule has 0 bridgehead atoms. The Morgan fingerprint density at radius 3 is 2.84 bits per heavy atom. The summed E-state index contributed by atoms with van der Waals surface area (Å²) in [4.78, 5) is 12.0. The minimum atomic E-state index is -0.0514. The van der Waals surface area contributed by atoms with E-state index in [1.165, 1.54) is 19.3 Å². The monoisotopic (exact) mass is 338 g/mol. The molecule has 0 aromatic heterocycles. The van der Waals surface area contributed by atoms with Crippen LogP contribution in [0.4, 0.5) is 0 Å². The van der Waals surface area contributed by atoms with Gasteiger partial charge in [-0.2, -0.15) is 5.10 Å². The zero-order chi connectivity index (χ0) is 17.9. The number of rotatable bonds is 4. The molecular formula is C22H30N2O. The van der Waals surface area contributed by atoms with Crippen LogP contribution in [-0.4, -0.2) is 12.1 Å². The number of hydrogen-bond donors (Lipinski definition) is 1. The Balaban J connectivity index is 1.57. The second kappa shape index (κ2) is 7.55. The van der Waals surface area contributed by atoms with Crippen molar-refractivity contribution in [3.63, 3.8) is 0 Å². The summed E-state index contributed by atoms with van der Waals surface area (Å²) in [5, 5.41) is 4.28. The number of fused-ring (bicyclic) bond motifs is 1. The summed E-state index contributed by atoms with van der Waals surface area (Å²) >= 11 is 0. The second-order valence-electron chi connectivity index (χ2n) is 8.42. The molecule has 2 aliphatic carbocycles. The Morgan fingerprint density at radius 1 is 1.32 bits per heavy atom. The fourth-order valence-electron chi connectivity index (χ4n) is 4.41. The topological polar surface area (TPSA) is 41.5 Å². The highest BCUT2D eigenvalue weighted by Gasteiger charge is 2.40. The summed E-state index contributed by atoms with van der Waals surface area (Å²) in [5.74, 6) is 1.64. The fourth-order valence-corrected chi connectivity index (χ4v) is 4.41. The number of nitrogens with zero attached hydrogens (tertiary/aromatic N) is 1. The molecule has 0 unspecified atom stereocenters. The zero-order valence-electron chi connectivity index (χ0n) is 15.7. The second-order valence-corrected chi connectivity index (χ2v) is 8.42. The molecule has 1 N–H and O–H groups in total. The molecule has 1 amide bonds. The lowest BCUT2D eigenvalue weighted by atomic mass is 9.59. The van der Waals surface area contributed by atoms with Gasteiger partial charge in [0.2, 0.25) is 5.91 Å². The number of allylic oxidation sites excluding steroid dienone is 2. The lowest BCUT2D eigenvalue weighted by molar-refractivity contribution is -0.120. The van der Waals surface area contributed by atoms with Crippen LogP contribution >= 0.6 is 0 Å². The highest BCUT2D eigenvalue weighted by atomic mass is 16.2. The van der Waals surface area contributed by atoms with E-state index in [1.54, 1.807) is 5.57 Å². The molecule has 2 aliphatic rings. The van der Waals surface area contributed by atoms with Crippen molar-refractivity contribution < 1.29 is 4.79 Å². The van der Waals surface area contributed by atoms with E-state index in [-0.39, 0.29) is 5.91 Å². The molecule has 3 rings (SSSR count). The first-order chi connectivity index (χ1) is 12.0. The quantitative estimate of drug-likeness (QED) is 0.481. The molecule has 0 aliphatic heterocycles. The van der Waals surface area contributed by atoms with Gasteiger partial charge in [-0.25, -0.2) is 5.43 Å². The molecule has 1 aromatic carbocycles. The number of hydrazone groups is 1. The van der Waals surface area contributed by atoms with Crippen LogP contribution in [0.15, 0.2) is 47.1 Å². The van der Waals surface area contributed by atoms with Gasteiger partial charge in [-0.3, -0.25) is 4.79 Å². The molecule has 0 heterocycles. The Hall–Kier alpha value is -1.90. The van der Waals surface area contributed by atoms with Crippen LogP contribution in [0.25, 0.3) is 0 Å². The summed E-state index contributed by atoms with van der Waals surface area (Å²) in [5.41, 5.74) is 5.76. The van der Waals surface area contributed by atoms with Gasteiger partial charge in [0, 0.05) is 6.21 Å². The number of carbonyl (C=O) groups is 1. The predicted octanol–water partition coefficient (Wildman–Crippen LogP) is 4.74. The molecule has 3 atom stereocenters. The molecule has 1 fully saturated rings. The molecule has 1 aromatic rings. The van der Waals surface area contributed by atoms with E-state index in [2.05, 4.69) is 37.4 Å². The van der Waals surface area contributed by atoms with E-state index >= 15 is 0 Å². The average Bonchev–Trinajstić information content (AvgIpc) is 2.56. The van der Waals surface area contributed by atoms with Crippen LogP contribution in [0.1, 0.15) is 52.0 Å². The van der Waals surface area contributed by atoms with Gasteiger partial charge in [0.25, 0.3) is 0 Å². The first kappa shape index (κ1) is 17.9. The lowest BCUT2D eigenvalue weighted by Crippen LogP contribution is -2.37. The summed E-state index contributed by atoms with van der Waals surface area (Å²) in [6.07, 6.45) is 9.64. The third-order valence-electron chi connectivity index (χ3n) is 6.05. The Bertz CT molecular complexity index is 660. The first-order valence-corrected chi connectivity index (χ1v) is 9.50. The molecule has 1 saturated carbocycles. The molecule has 0 spiro atoms. The van der Waals surface area contributed by atoms with Crippen molar-refractivity contribution in [2.45, 2.75) is 52.9 Å². The van der Waals surface area contributed by atoms with Gasteiger partial charge in [0.15, 0.2) is 0 Å². The van der Waals surface area contributed by atoms with E-state index in [0.717, 1.165) is 12.0 Å². The molecule has 25 heavy (non-hydrogen) atoms. The molecule has 134 valence electrons. The van der Waals surface area contributed by atoms with Gasteiger partial charge in [-0.1, -0.05) is 62.8 Å². The minimum absolute atomic E-state index is 0.0514. The Morgan fingerprint density at radius 2 is 2.08 bits per heavy atom. The smallest absolute Gasteiger partial charge is 0.244 e. The molecular weight excluding hydrogens is 308 g/mol. The van der Waals surface area contributed by atoms with Gasteiger partial charge < -0.3 is 0 Å². The standard InChI is InChI=1S/C22H30N2O/c1-16-12-18-10-7-11-22(2,3)20(18)14-19(16)15-23-24-21(25)13-17-8-5-4-6-9-17/h4-6,8-10,15-16,19-20H,7,11-14H2,1-3H3,(H,24,25)/t16-,19+,20-/m1/s1. The normalized spacial score (nSPS) is 28.3. The van der Waals surface area contributed by atoms with Crippen LogP contribution in [-0.2, 0) is 11.2 Å². The van der Waals surface area contributed by atoms with Crippen LogP contribution in [0.3, 0.4) is 0 Å². The SMILES string of the molecule is C[C@@H]1CC2=CCCC(C)(C)[C@@H]2C[C@H]1C=NNC(=O)Cc1ccccc1. The van der Waals surface area contributed by atoms with Crippen molar-refractivity contribution in [2.24, 2.45) is 28.3 Å². The van der Waals surface area contributed by atoms with Gasteiger partial charge in [-0.05, 0) is 54.4 Å². The Labute approximate surface area is 151 Å². The lowest BCUT2D eigenvalue weighted by Gasteiger charge is -2.46. The fraction of sp³-hybridized carbons (Fsp3) is 0.545. The highest BCUT2D eigenvalue weighted by Crippen LogP contribution is 2.50. The maximum Gasteiger partial charge on any atom is 0.244 e. The van der Waals surface area contributed by atoms with Gasteiger partial charge >= 0.3 is 0 Å². The van der Waals surface area contributed by atoms with Crippen LogP contribution in [0, 0.1) is 23.2 Å². The third-order valence-corrected chi connectivity index (χ3v) is 6.05. The Kier molecular flexibility index (Phi) is 5.41. The van der Waals surface area contributed by atoms with Crippen molar-refractivity contribution >= 4 is 12.1 Å². The largest absolute Gasteiger partial charge is 0.273 e. The van der Waals surface area contributed by atoms with Gasteiger partial charge in [0.1, 0.15) is 0 Å². The average molecular weight is 338 g/mol. The number of benzene rings is 1. The molecule has 3 heteroatoms. The maximum absolute atomic E-state index is 12.0. The predicted molar refractivity (Wildman–Crippen MR) is 103 cm³/mol. The van der Waals surface area contributed by atoms with Crippen molar-refractivity contribution in [1.82, 2.24) is 5.43 Å². The summed E-state index contributed by atoms with van der Waals surface area (Å²) in [7, 11) is 0. The van der Waals surface area contributed by atoms with Crippen molar-refractivity contribution in [2.75, 3.05) is 0 Å².